The van der Waals surface area contributed by atoms with Crippen molar-refractivity contribution in [3.8, 4) is 5.75 Å². The lowest BCUT2D eigenvalue weighted by molar-refractivity contribution is -0.136. The molecule has 0 aliphatic heterocycles. The lowest BCUT2D eigenvalue weighted by atomic mass is 10.1. The van der Waals surface area contributed by atoms with E-state index in [2.05, 4.69) is 0 Å². The van der Waals surface area contributed by atoms with E-state index >= 15 is 0 Å². The number of carboxylic acids is 1. The molecule has 2 aromatic rings. The highest BCUT2D eigenvalue weighted by molar-refractivity contribution is 5.93. The molecule has 20 heavy (non-hydrogen) atoms. The first-order valence-corrected chi connectivity index (χ1v) is 6.02. The normalized spacial score (nSPS) is 11.4. The van der Waals surface area contributed by atoms with Crippen molar-refractivity contribution < 1.29 is 19.4 Å². The Labute approximate surface area is 116 Å². The molecule has 2 aromatic carbocycles. The zero-order chi connectivity index (χ0) is 14.4. The second-order valence-electron chi connectivity index (χ2n) is 3.95. The summed E-state index contributed by atoms with van der Waals surface area (Å²) >= 11 is 0. The number of para-hydroxylation sites is 1. The molecule has 102 valence electrons. The van der Waals surface area contributed by atoms with Gasteiger partial charge in [0.15, 0.2) is 5.76 Å². The van der Waals surface area contributed by atoms with Crippen LogP contribution in [0.1, 0.15) is 5.56 Å². The highest BCUT2D eigenvalue weighted by Gasteiger charge is 2.19. The number of hydrogen-bond acceptors (Lipinski definition) is 3. The third kappa shape index (κ3) is 3.17. The molecule has 0 atom stereocenters. The van der Waals surface area contributed by atoms with E-state index in [0.29, 0.717) is 11.3 Å². The molecule has 0 saturated carbocycles. The van der Waals surface area contributed by atoms with E-state index in [1.165, 1.54) is 7.11 Å². The maximum atomic E-state index is 11.3. The van der Waals surface area contributed by atoms with Crippen molar-refractivity contribution in [3.05, 3.63) is 72.0 Å². The minimum absolute atomic E-state index is 0.173. The first-order chi connectivity index (χ1) is 9.72. The maximum absolute atomic E-state index is 11.3. The molecule has 0 heterocycles. The minimum Gasteiger partial charge on any atom is -0.487 e. The lowest BCUT2D eigenvalue weighted by Crippen LogP contribution is -2.10. The fraction of sp³-hybridized carbons (Fsp3) is 0.0625. The van der Waals surface area contributed by atoms with Gasteiger partial charge in [0, 0.05) is 5.56 Å². The van der Waals surface area contributed by atoms with E-state index < -0.39 is 5.97 Å². The van der Waals surface area contributed by atoms with E-state index in [9.17, 15) is 9.90 Å². The third-order valence-electron chi connectivity index (χ3n) is 2.60. The van der Waals surface area contributed by atoms with Crippen molar-refractivity contribution in [1.29, 1.82) is 0 Å². The Morgan fingerprint density at radius 3 is 2.00 bits per heavy atom. The number of ether oxygens (including phenoxy) is 2. The van der Waals surface area contributed by atoms with Crippen LogP contribution in [0.3, 0.4) is 0 Å². The molecular weight excluding hydrogens is 256 g/mol. The van der Waals surface area contributed by atoms with Gasteiger partial charge < -0.3 is 14.6 Å². The van der Waals surface area contributed by atoms with E-state index in [0.717, 1.165) is 0 Å². The monoisotopic (exact) mass is 270 g/mol. The molecular formula is C16H14O4. The van der Waals surface area contributed by atoms with E-state index in [4.69, 9.17) is 9.47 Å². The summed E-state index contributed by atoms with van der Waals surface area (Å²) in [6.07, 6.45) is 0. The molecule has 2 rings (SSSR count). The van der Waals surface area contributed by atoms with Gasteiger partial charge in [-0.3, -0.25) is 0 Å². The number of benzene rings is 2. The van der Waals surface area contributed by atoms with Crippen molar-refractivity contribution in [2.45, 2.75) is 0 Å². The number of aliphatic carboxylic acids is 1. The molecule has 1 N–H and O–H groups in total. The Morgan fingerprint density at radius 2 is 1.50 bits per heavy atom. The summed E-state index contributed by atoms with van der Waals surface area (Å²) in [6.45, 7) is 0. The number of carboxylic acid groups (broad SMARTS) is 1. The average Bonchev–Trinajstić information content (AvgIpc) is 2.48. The smallest absolute Gasteiger partial charge is 0.375 e. The standard InChI is InChI=1S/C16H14O4/c1-19-15(16(17)18)14(12-8-4-2-5-9-12)20-13-10-6-3-7-11-13/h2-11H,1H3,(H,17,18)/b15-14-. The molecule has 0 fully saturated rings. The third-order valence-corrected chi connectivity index (χ3v) is 2.60. The van der Waals surface area contributed by atoms with Gasteiger partial charge in [0.2, 0.25) is 5.76 Å². The highest BCUT2D eigenvalue weighted by Crippen LogP contribution is 2.24. The predicted molar refractivity (Wildman–Crippen MR) is 75.1 cm³/mol. The van der Waals surface area contributed by atoms with Crippen molar-refractivity contribution in [1.82, 2.24) is 0 Å². The fourth-order valence-corrected chi connectivity index (χ4v) is 1.71. The number of carbonyl (C=O) groups is 1. The number of hydrogen-bond donors (Lipinski definition) is 1. The van der Waals surface area contributed by atoms with Crippen LogP contribution < -0.4 is 4.74 Å². The SMILES string of the molecule is CO/C(C(=O)O)=C(\Oc1ccccc1)c1ccccc1. The summed E-state index contributed by atoms with van der Waals surface area (Å²) in [4.78, 5) is 11.3. The average molecular weight is 270 g/mol. The molecule has 0 radical (unpaired) electrons. The first kappa shape index (κ1) is 13.7. The van der Waals surface area contributed by atoms with Crippen LogP contribution >= 0.6 is 0 Å². The molecule has 0 aliphatic rings. The fourth-order valence-electron chi connectivity index (χ4n) is 1.71. The van der Waals surface area contributed by atoms with E-state index in [1.807, 2.05) is 24.3 Å². The summed E-state index contributed by atoms with van der Waals surface area (Å²) in [5.41, 5.74) is 0.635. The molecule has 4 heteroatoms. The van der Waals surface area contributed by atoms with E-state index in [-0.39, 0.29) is 11.5 Å². The topological polar surface area (TPSA) is 55.8 Å². The van der Waals surface area contributed by atoms with Gasteiger partial charge in [-0.2, -0.15) is 0 Å². The molecule has 0 saturated heterocycles. The van der Waals surface area contributed by atoms with Gasteiger partial charge in [-0.05, 0) is 12.1 Å². The molecule has 0 amide bonds. The van der Waals surface area contributed by atoms with Crippen LogP contribution in [0.25, 0.3) is 5.76 Å². The highest BCUT2D eigenvalue weighted by atomic mass is 16.5. The van der Waals surface area contributed by atoms with Gasteiger partial charge in [-0.25, -0.2) is 4.79 Å². The van der Waals surface area contributed by atoms with Crippen LogP contribution in [-0.4, -0.2) is 18.2 Å². The summed E-state index contributed by atoms with van der Waals surface area (Å²) < 4.78 is 10.6. The van der Waals surface area contributed by atoms with Gasteiger partial charge in [-0.1, -0.05) is 48.5 Å². The first-order valence-electron chi connectivity index (χ1n) is 6.02. The van der Waals surface area contributed by atoms with Crippen molar-refractivity contribution in [2.75, 3.05) is 7.11 Å². The van der Waals surface area contributed by atoms with Crippen LogP contribution in [0.2, 0.25) is 0 Å². The van der Waals surface area contributed by atoms with E-state index in [1.54, 1.807) is 36.4 Å². The quantitative estimate of drug-likeness (QED) is 0.669. The molecule has 0 unspecified atom stereocenters. The van der Waals surface area contributed by atoms with Gasteiger partial charge in [-0.15, -0.1) is 0 Å². The lowest BCUT2D eigenvalue weighted by Gasteiger charge is -2.13. The van der Waals surface area contributed by atoms with Crippen LogP contribution in [0, 0.1) is 0 Å². The Kier molecular flexibility index (Phi) is 4.39. The van der Waals surface area contributed by atoms with Gasteiger partial charge in [0.25, 0.3) is 0 Å². The molecule has 0 bridgehead atoms. The summed E-state index contributed by atoms with van der Waals surface area (Å²) in [5, 5.41) is 9.22. The zero-order valence-electron chi connectivity index (χ0n) is 10.9. The molecule has 0 aliphatic carbocycles. The maximum Gasteiger partial charge on any atom is 0.375 e. The van der Waals surface area contributed by atoms with Gasteiger partial charge >= 0.3 is 5.97 Å². The van der Waals surface area contributed by atoms with Gasteiger partial charge in [0.1, 0.15) is 5.75 Å². The Hall–Kier alpha value is -2.75. The number of methoxy groups -OCH3 is 1. The summed E-state index contributed by atoms with van der Waals surface area (Å²) in [6, 6.07) is 18.0. The van der Waals surface area contributed by atoms with Crippen molar-refractivity contribution >= 4 is 11.7 Å². The summed E-state index contributed by atoms with van der Waals surface area (Å²) in [5.74, 6) is -0.698. The van der Waals surface area contributed by atoms with Crippen molar-refractivity contribution in [2.24, 2.45) is 0 Å². The Bertz CT molecular complexity index is 603. The van der Waals surface area contributed by atoms with Gasteiger partial charge in [0.05, 0.1) is 7.11 Å². The molecule has 4 nitrogen and oxygen atoms in total. The Morgan fingerprint density at radius 1 is 0.950 bits per heavy atom. The predicted octanol–water partition coefficient (Wildman–Crippen LogP) is 3.17. The largest absolute Gasteiger partial charge is 0.487 e. The second kappa shape index (κ2) is 6.43. The Balaban J connectivity index is 2.48. The van der Waals surface area contributed by atoms with Crippen LogP contribution in [0.5, 0.6) is 5.75 Å². The zero-order valence-corrected chi connectivity index (χ0v) is 10.9. The van der Waals surface area contributed by atoms with Crippen LogP contribution in [0.4, 0.5) is 0 Å². The molecule has 0 aromatic heterocycles. The summed E-state index contributed by atoms with van der Waals surface area (Å²) in [7, 11) is 1.31. The van der Waals surface area contributed by atoms with Crippen LogP contribution in [-0.2, 0) is 9.53 Å². The van der Waals surface area contributed by atoms with Crippen LogP contribution in [0.15, 0.2) is 66.4 Å². The van der Waals surface area contributed by atoms with Crippen molar-refractivity contribution in [3.63, 3.8) is 0 Å². The minimum atomic E-state index is -1.18. The molecule has 0 spiro atoms. The second-order valence-corrected chi connectivity index (χ2v) is 3.95. The number of rotatable bonds is 5.